The Bertz CT molecular complexity index is 743. The molecule has 2 aromatic carbocycles. The van der Waals surface area contributed by atoms with Crippen LogP contribution in [0.3, 0.4) is 0 Å². The minimum atomic E-state index is -1.23. The molecule has 0 spiro atoms. The lowest BCUT2D eigenvalue weighted by atomic mass is 10.1. The molecule has 0 atom stereocenters. The molecule has 0 saturated carbocycles. The number of para-hydroxylation sites is 1. The maximum atomic E-state index is 12.0. The van der Waals surface area contributed by atoms with Gasteiger partial charge in [-0.2, -0.15) is 0 Å². The van der Waals surface area contributed by atoms with E-state index >= 15 is 0 Å². The van der Waals surface area contributed by atoms with Gasteiger partial charge in [0.15, 0.2) is 0 Å². The Balaban J connectivity index is 2.09. The first-order chi connectivity index (χ1) is 10.5. The molecule has 0 fully saturated rings. The van der Waals surface area contributed by atoms with E-state index in [9.17, 15) is 14.4 Å². The van der Waals surface area contributed by atoms with Crippen molar-refractivity contribution in [2.24, 2.45) is 0 Å². The lowest BCUT2D eigenvalue weighted by Gasteiger charge is -2.10. The van der Waals surface area contributed by atoms with Gasteiger partial charge in [0, 0.05) is 5.69 Å². The molecule has 0 aliphatic carbocycles. The Morgan fingerprint density at radius 1 is 0.773 bits per heavy atom. The number of hydrogen-bond acceptors (Lipinski definition) is 4. The molecule has 22 heavy (non-hydrogen) atoms. The molecule has 7 nitrogen and oxygen atoms in total. The summed E-state index contributed by atoms with van der Waals surface area (Å²) in [7, 11) is 0. The molecule has 0 aliphatic heterocycles. The van der Waals surface area contributed by atoms with Gasteiger partial charge in [0.25, 0.3) is 11.8 Å². The third kappa shape index (κ3) is 3.21. The van der Waals surface area contributed by atoms with E-state index in [0.717, 1.165) is 0 Å². The standard InChI is InChI=1S/C15H13N3O4/c16-12-8-4-3-7-11(12)14(20)18-17-13(19)9-5-1-2-6-10(9)15(21)22/h1-8H,16H2,(H,17,19)(H,18,20)(H,21,22). The Morgan fingerprint density at radius 2 is 1.23 bits per heavy atom. The zero-order valence-corrected chi connectivity index (χ0v) is 11.4. The van der Waals surface area contributed by atoms with Crippen molar-refractivity contribution in [2.75, 3.05) is 5.73 Å². The third-order valence-corrected chi connectivity index (χ3v) is 2.90. The fourth-order valence-electron chi connectivity index (χ4n) is 1.82. The summed E-state index contributed by atoms with van der Waals surface area (Å²) in [5.41, 5.74) is 10.3. The Labute approximate surface area is 125 Å². The molecule has 0 aromatic heterocycles. The van der Waals surface area contributed by atoms with E-state index in [1.165, 1.54) is 30.3 Å². The molecule has 112 valence electrons. The minimum absolute atomic E-state index is 0.0590. The number of aromatic carboxylic acids is 1. The average Bonchev–Trinajstić information content (AvgIpc) is 2.52. The number of nitrogens with two attached hydrogens (primary N) is 1. The fourth-order valence-corrected chi connectivity index (χ4v) is 1.82. The van der Waals surface area contributed by atoms with Crippen LogP contribution in [0.1, 0.15) is 31.1 Å². The van der Waals surface area contributed by atoms with Gasteiger partial charge < -0.3 is 10.8 Å². The molecule has 0 unspecified atom stereocenters. The van der Waals surface area contributed by atoms with Crippen LogP contribution in [0.5, 0.6) is 0 Å². The quantitative estimate of drug-likeness (QED) is 0.498. The van der Waals surface area contributed by atoms with Gasteiger partial charge >= 0.3 is 5.97 Å². The SMILES string of the molecule is Nc1ccccc1C(=O)NNC(=O)c1ccccc1C(=O)O. The third-order valence-electron chi connectivity index (χ3n) is 2.90. The van der Waals surface area contributed by atoms with Crippen molar-refractivity contribution in [1.29, 1.82) is 0 Å². The van der Waals surface area contributed by atoms with E-state index in [-0.39, 0.29) is 22.4 Å². The van der Waals surface area contributed by atoms with Crippen molar-refractivity contribution in [1.82, 2.24) is 10.9 Å². The molecule has 2 rings (SSSR count). The first kappa shape index (κ1) is 15.0. The number of carbonyl (C=O) groups excluding carboxylic acids is 2. The summed E-state index contributed by atoms with van der Waals surface area (Å²) >= 11 is 0. The number of hydrazine groups is 1. The molecule has 0 bridgehead atoms. The summed E-state index contributed by atoms with van der Waals surface area (Å²) in [4.78, 5) is 34.9. The smallest absolute Gasteiger partial charge is 0.336 e. The van der Waals surface area contributed by atoms with Crippen LogP contribution in [0.15, 0.2) is 48.5 Å². The minimum Gasteiger partial charge on any atom is -0.478 e. The summed E-state index contributed by atoms with van der Waals surface area (Å²) in [5.74, 6) is -2.57. The average molecular weight is 299 g/mol. The van der Waals surface area contributed by atoms with Gasteiger partial charge in [-0.15, -0.1) is 0 Å². The summed E-state index contributed by atoms with van der Waals surface area (Å²) in [6.45, 7) is 0. The van der Waals surface area contributed by atoms with Crippen LogP contribution in [0.4, 0.5) is 5.69 Å². The predicted octanol–water partition coefficient (Wildman–Crippen LogP) is 1.04. The zero-order chi connectivity index (χ0) is 16.1. The highest BCUT2D eigenvalue weighted by Crippen LogP contribution is 2.10. The van der Waals surface area contributed by atoms with Crippen molar-refractivity contribution in [3.63, 3.8) is 0 Å². The number of carboxylic acids is 1. The van der Waals surface area contributed by atoms with Crippen molar-refractivity contribution < 1.29 is 19.5 Å². The molecule has 2 amide bonds. The maximum absolute atomic E-state index is 12.0. The lowest BCUT2D eigenvalue weighted by molar-refractivity contribution is 0.0690. The lowest BCUT2D eigenvalue weighted by Crippen LogP contribution is -2.42. The molecule has 0 saturated heterocycles. The first-order valence-electron chi connectivity index (χ1n) is 6.28. The van der Waals surface area contributed by atoms with E-state index in [1.54, 1.807) is 18.2 Å². The van der Waals surface area contributed by atoms with Crippen LogP contribution in [0.2, 0.25) is 0 Å². The van der Waals surface area contributed by atoms with Gasteiger partial charge in [-0.05, 0) is 24.3 Å². The molecule has 7 heteroatoms. The number of benzene rings is 2. The number of hydrogen-bond donors (Lipinski definition) is 4. The van der Waals surface area contributed by atoms with Gasteiger partial charge in [0.1, 0.15) is 0 Å². The number of anilines is 1. The van der Waals surface area contributed by atoms with E-state index < -0.39 is 17.8 Å². The molecule has 0 radical (unpaired) electrons. The number of carbonyl (C=O) groups is 3. The Kier molecular flexibility index (Phi) is 4.38. The molecular formula is C15H13N3O4. The Hall–Kier alpha value is -3.35. The van der Waals surface area contributed by atoms with Crippen LogP contribution in [0.25, 0.3) is 0 Å². The molecule has 0 aliphatic rings. The zero-order valence-electron chi connectivity index (χ0n) is 11.4. The van der Waals surface area contributed by atoms with Gasteiger partial charge in [-0.25, -0.2) is 4.79 Å². The van der Waals surface area contributed by atoms with Crippen LogP contribution in [0, 0.1) is 0 Å². The number of carboxylic acid groups (broad SMARTS) is 1. The summed E-state index contributed by atoms with van der Waals surface area (Å²) in [6, 6.07) is 12.0. The van der Waals surface area contributed by atoms with E-state index in [4.69, 9.17) is 10.8 Å². The van der Waals surface area contributed by atoms with Gasteiger partial charge in [0.2, 0.25) is 0 Å². The normalized spacial score (nSPS) is 9.82. The highest BCUT2D eigenvalue weighted by Gasteiger charge is 2.16. The molecule has 2 aromatic rings. The highest BCUT2D eigenvalue weighted by molar-refractivity contribution is 6.06. The van der Waals surface area contributed by atoms with Crippen molar-refractivity contribution in [3.8, 4) is 0 Å². The fraction of sp³-hybridized carbons (Fsp3) is 0. The van der Waals surface area contributed by atoms with Gasteiger partial charge in [0.05, 0.1) is 16.7 Å². The van der Waals surface area contributed by atoms with E-state index in [2.05, 4.69) is 10.9 Å². The van der Waals surface area contributed by atoms with Gasteiger partial charge in [-0.1, -0.05) is 24.3 Å². The topological polar surface area (TPSA) is 122 Å². The van der Waals surface area contributed by atoms with Crippen molar-refractivity contribution in [3.05, 3.63) is 65.2 Å². The van der Waals surface area contributed by atoms with Crippen molar-refractivity contribution in [2.45, 2.75) is 0 Å². The Morgan fingerprint density at radius 3 is 1.77 bits per heavy atom. The van der Waals surface area contributed by atoms with Crippen molar-refractivity contribution >= 4 is 23.5 Å². The van der Waals surface area contributed by atoms with Crippen LogP contribution >= 0.6 is 0 Å². The van der Waals surface area contributed by atoms with Crippen LogP contribution < -0.4 is 16.6 Å². The predicted molar refractivity (Wildman–Crippen MR) is 79.2 cm³/mol. The number of nitrogen functional groups attached to an aromatic ring is 1. The highest BCUT2D eigenvalue weighted by atomic mass is 16.4. The summed E-state index contributed by atoms with van der Waals surface area (Å²) < 4.78 is 0. The number of nitrogens with one attached hydrogen (secondary N) is 2. The molecule has 0 heterocycles. The van der Waals surface area contributed by atoms with E-state index in [0.29, 0.717) is 0 Å². The number of amides is 2. The second-order valence-corrected chi connectivity index (χ2v) is 4.35. The number of rotatable bonds is 3. The second kappa shape index (κ2) is 6.40. The maximum Gasteiger partial charge on any atom is 0.336 e. The first-order valence-corrected chi connectivity index (χ1v) is 6.28. The van der Waals surface area contributed by atoms with E-state index in [1.807, 2.05) is 0 Å². The van der Waals surface area contributed by atoms with Gasteiger partial charge in [-0.3, -0.25) is 20.4 Å². The summed E-state index contributed by atoms with van der Waals surface area (Å²) in [5, 5.41) is 9.02. The van der Waals surface area contributed by atoms with Crippen LogP contribution in [-0.4, -0.2) is 22.9 Å². The molecular weight excluding hydrogens is 286 g/mol. The van der Waals surface area contributed by atoms with Crippen LogP contribution in [-0.2, 0) is 0 Å². The second-order valence-electron chi connectivity index (χ2n) is 4.35. The molecule has 5 N–H and O–H groups in total. The largest absolute Gasteiger partial charge is 0.478 e. The monoisotopic (exact) mass is 299 g/mol. The summed E-state index contributed by atoms with van der Waals surface area (Å²) in [6.07, 6.45) is 0.